The predicted octanol–water partition coefficient (Wildman–Crippen LogP) is 15.7. The summed E-state index contributed by atoms with van der Waals surface area (Å²) in [6.45, 7) is 4.22. The number of carbonyl (C=O) groups excluding carboxylic acids is 1. The number of hydrogen-bond acceptors (Lipinski definition) is 4. The van der Waals surface area contributed by atoms with Crippen molar-refractivity contribution in [1.29, 1.82) is 0 Å². The van der Waals surface area contributed by atoms with Gasteiger partial charge in [-0.2, -0.15) is 0 Å². The Labute approximate surface area is 362 Å². The third-order valence-corrected chi connectivity index (χ3v) is 12.2. The largest absolute Gasteiger partial charge is 0.394 e. The predicted molar refractivity (Wildman–Crippen MR) is 255 cm³/mol. The number of aliphatic hydroxyl groups excluding tert-OH is 3. The van der Waals surface area contributed by atoms with Gasteiger partial charge in [-0.05, 0) is 32.1 Å². The summed E-state index contributed by atoms with van der Waals surface area (Å²) in [6, 6.07) is -0.758. The van der Waals surface area contributed by atoms with E-state index in [1.54, 1.807) is 6.08 Å². The maximum absolute atomic E-state index is 12.5. The fourth-order valence-corrected chi connectivity index (χ4v) is 8.24. The Morgan fingerprint density at radius 2 is 0.741 bits per heavy atom. The summed E-state index contributed by atoms with van der Waals surface area (Å²) in [7, 11) is 0. The Kier molecular flexibility index (Phi) is 47.5. The molecule has 58 heavy (non-hydrogen) atoms. The Morgan fingerprint density at radius 3 is 1.10 bits per heavy atom. The van der Waals surface area contributed by atoms with Crippen molar-refractivity contribution < 1.29 is 20.1 Å². The number of unbranched alkanes of at least 4 members (excludes halogenated alkanes) is 37. The second-order valence-corrected chi connectivity index (χ2v) is 18.1. The van der Waals surface area contributed by atoms with Gasteiger partial charge in [0.2, 0.25) is 5.91 Å². The quantitative estimate of drug-likeness (QED) is 0.0364. The van der Waals surface area contributed by atoms with Gasteiger partial charge in [0.15, 0.2) is 0 Å². The van der Waals surface area contributed by atoms with Gasteiger partial charge in [0.05, 0.1) is 31.3 Å². The van der Waals surface area contributed by atoms with Gasteiger partial charge >= 0.3 is 0 Å². The van der Waals surface area contributed by atoms with Gasteiger partial charge in [-0.3, -0.25) is 4.79 Å². The maximum Gasteiger partial charge on any atom is 0.222 e. The third kappa shape index (κ3) is 44.4. The van der Waals surface area contributed by atoms with Crippen LogP contribution in [0.5, 0.6) is 0 Å². The molecule has 3 unspecified atom stereocenters. The zero-order valence-corrected chi connectivity index (χ0v) is 39.2. The maximum atomic E-state index is 12.5. The minimum Gasteiger partial charge on any atom is -0.394 e. The van der Waals surface area contributed by atoms with Gasteiger partial charge in [-0.15, -0.1) is 0 Å². The molecule has 0 rings (SSSR count). The van der Waals surface area contributed by atoms with Crippen molar-refractivity contribution in [2.45, 2.75) is 302 Å². The third-order valence-electron chi connectivity index (χ3n) is 12.2. The first-order valence-corrected chi connectivity index (χ1v) is 26.1. The second-order valence-electron chi connectivity index (χ2n) is 18.1. The van der Waals surface area contributed by atoms with Gasteiger partial charge in [-0.25, -0.2) is 0 Å². The van der Waals surface area contributed by atoms with E-state index >= 15 is 0 Å². The van der Waals surface area contributed by atoms with Crippen LogP contribution in [0.2, 0.25) is 0 Å². The summed E-state index contributed by atoms with van der Waals surface area (Å²) < 4.78 is 0. The van der Waals surface area contributed by atoms with Crippen molar-refractivity contribution in [1.82, 2.24) is 5.32 Å². The highest BCUT2D eigenvalue weighted by Crippen LogP contribution is 2.17. The smallest absolute Gasteiger partial charge is 0.222 e. The lowest BCUT2D eigenvalue weighted by molar-refractivity contribution is -0.124. The van der Waals surface area contributed by atoms with E-state index < -0.39 is 18.2 Å². The van der Waals surface area contributed by atoms with Crippen molar-refractivity contribution in [2.75, 3.05) is 6.61 Å². The first-order valence-electron chi connectivity index (χ1n) is 26.1. The number of rotatable bonds is 48. The van der Waals surface area contributed by atoms with E-state index in [0.29, 0.717) is 6.42 Å². The van der Waals surface area contributed by atoms with Crippen LogP contribution in [0.4, 0.5) is 0 Å². The molecule has 0 aromatic carbocycles. The van der Waals surface area contributed by atoms with E-state index in [0.717, 1.165) is 32.1 Å². The minimum absolute atomic E-state index is 0.0101. The standard InChI is InChI=1S/C53H103NO4/c1-3-5-7-9-11-13-15-17-19-20-21-22-23-24-25-26-27-28-29-30-31-33-34-36-38-40-42-44-46-50(56)48-53(58)54-51(49-55)52(57)47-45-43-41-39-37-35-32-18-16-14-12-10-8-6-4-2/h37,39,45,47,50-52,55-57H,3-36,38,40-44,46,48-49H2,1-2H3,(H,54,58)/b39-37+,47-45+. The zero-order chi connectivity index (χ0) is 42.3. The lowest BCUT2D eigenvalue weighted by Crippen LogP contribution is -2.45. The molecule has 0 spiro atoms. The van der Waals surface area contributed by atoms with Crippen LogP contribution in [0, 0.1) is 0 Å². The lowest BCUT2D eigenvalue weighted by atomic mass is 10.0. The number of carbonyl (C=O) groups is 1. The molecule has 5 nitrogen and oxygen atoms in total. The average molecular weight is 818 g/mol. The van der Waals surface area contributed by atoms with Gasteiger partial charge in [0.1, 0.15) is 0 Å². The molecule has 0 aromatic heterocycles. The van der Waals surface area contributed by atoms with E-state index in [1.807, 2.05) is 6.08 Å². The van der Waals surface area contributed by atoms with Gasteiger partial charge < -0.3 is 20.6 Å². The van der Waals surface area contributed by atoms with Crippen LogP contribution < -0.4 is 5.32 Å². The van der Waals surface area contributed by atoms with Crippen LogP contribution in [0.25, 0.3) is 0 Å². The first kappa shape index (κ1) is 56.8. The van der Waals surface area contributed by atoms with Crippen LogP contribution in [0.3, 0.4) is 0 Å². The molecule has 5 heteroatoms. The lowest BCUT2D eigenvalue weighted by Gasteiger charge is -2.21. The molecule has 344 valence electrons. The van der Waals surface area contributed by atoms with Gasteiger partial charge in [-0.1, -0.05) is 269 Å². The highest BCUT2D eigenvalue weighted by molar-refractivity contribution is 5.76. The average Bonchev–Trinajstić information content (AvgIpc) is 3.22. The highest BCUT2D eigenvalue weighted by atomic mass is 16.3. The number of aliphatic hydroxyl groups is 3. The summed E-state index contributed by atoms with van der Waals surface area (Å²) in [4.78, 5) is 12.5. The molecule has 0 saturated carbocycles. The minimum atomic E-state index is -0.949. The monoisotopic (exact) mass is 818 g/mol. The zero-order valence-electron chi connectivity index (χ0n) is 39.2. The van der Waals surface area contributed by atoms with E-state index in [1.165, 1.54) is 225 Å². The Hall–Kier alpha value is -1.17. The van der Waals surface area contributed by atoms with E-state index in [-0.39, 0.29) is 18.9 Å². The molecule has 0 aliphatic heterocycles. The van der Waals surface area contributed by atoms with Crippen molar-refractivity contribution in [3.63, 3.8) is 0 Å². The highest BCUT2D eigenvalue weighted by Gasteiger charge is 2.20. The number of nitrogens with one attached hydrogen (secondary N) is 1. The molecular weight excluding hydrogens is 715 g/mol. The van der Waals surface area contributed by atoms with E-state index in [9.17, 15) is 20.1 Å². The van der Waals surface area contributed by atoms with Crippen LogP contribution >= 0.6 is 0 Å². The van der Waals surface area contributed by atoms with Crippen molar-refractivity contribution >= 4 is 5.91 Å². The summed E-state index contributed by atoms with van der Waals surface area (Å²) >= 11 is 0. The van der Waals surface area contributed by atoms with Crippen LogP contribution in [-0.4, -0.2) is 46.1 Å². The SMILES string of the molecule is CCCCCCCCCCC/C=C/CC/C=C/C(O)C(CO)NC(=O)CC(O)CCCCCCCCCCCCCCCCCCCCCCCCCCCCCC. The number of hydrogen-bond donors (Lipinski definition) is 4. The van der Waals surface area contributed by atoms with Crippen LogP contribution in [0.1, 0.15) is 284 Å². The molecule has 0 bridgehead atoms. The topological polar surface area (TPSA) is 89.8 Å². The molecular formula is C53H103NO4. The summed E-state index contributed by atoms with van der Waals surface area (Å²) in [5, 5.41) is 33.3. The van der Waals surface area contributed by atoms with Crippen LogP contribution in [0.15, 0.2) is 24.3 Å². The second kappa shape index (κ2) is 48.5. The first-order chi connectivity index (χ1) is 28.5. The van der Waals surface area contributed by atoms with E-state index in [2.05, 4.69) is 31.3 Å². The summed E-state index contributed by atoms with van der Waals surface area (Å²) in [5.41, 5.74) is 0. The Morgan fingerprint density at radius 1 is 0.431 bits per heavy atom. The molecule has 0 aromatic rings. The Bertz CT molecular complexity index is 859. The van der Waals surface area contributed by atoms with Gasteiger partial charge in [0.25, 0.3) is 0 Å². The normalized spacial score (nSPS) is 13.5. The van der Waals surface area contributed by atoms with E-state index in [4.69, 9.17) is 0 Å². The number of allylic oxidation sites excluding steroid dienone is 3. The van der Waals surface area contributed by atoms with Crippen molar-refractivity contribution in [3.05, 3.63) is 24.3 Å². The summed E-state index contributed by atoms with van der Waals surface area (Å²) in [5.74, 6) is -0.321. The number of amides is 1. The summed E-state index contributed by atoms with van der Waals surface area (Å²) in [6.07, 6.45) is 60.7. The molecule has 1 amide bonds. The molecule has 3 atom stereocenters. The molecule has 4 N–H and O–H groups in total. The molecule has 0 fully saturated rings. The van der Waals surface area contributed by atoms with Crippen molar-refractivity contribution in [2.24, 2.45) is 0 Å². The Balaban J connectivity index is 3.54. The molecule has 0 aliphatic carbocycles. The molecule has 0 radical (unpaired) electrons. The van der Waals surface area contributed by atoms with Crippen LogP contribution in [-0.2, 0) is 4.79 Å². The van der Waals surface area contributed by atoms with Gasteiger partial charge in [0, 0.05) is 0 Å². The molecule has 0 heterocycles. The molecule has 0 aliphatic rings. The van der Waals surface area contributed by atoms with Crippen molar-refractivity contribution in [3.8, 4) is 0 Å². The fourth-order valence-electron chi connectivity index (χ4n) is 8.24. The molecule has 0 saturated heterocycles. The fraction of sp³-hybridized carbons (Fsp3) is 0.906.